The summed E-state index contributed by atoms with van der Waals surface area (Å²) in [5, 5.41) is 15.1. The molecule has 1 fully saturated rings. The summed E-state index contributed by atoms with van der Waals surface area (Å²) in [7, 11) is 3.27. The quantitative estimate of drug-likeness (QED) is 0.601. The van der Waals surface area contributed by atoms with Crippen molar-refractivity contribution < 1.29 is 14.3 Å². The van der Waals surface area contributed by atoms with Crippen molar-refractivity contribution in [2.45, 2.75) is 13.1 Å². The van der Waals surface area contributed by atoms with Crippen LogP contribution in [0.5, 0.6) is 11.5 Å². The van der Waals surface area contributed by atoms with E-state index < -0.39 is 0 Å². The lowest BCUT2D eigenvalue weighted by Crippen LogP contribution is -2.51. The summed E-state index contributed by atoms with van der Waals surface area (Å²) in [5.74, 6) is 2.34. The van der Waals surface area contributed by atoms with E-state index in [-0.39, 0.29) is 6.03 Å². The molecule has 1 saturated heterocycles. The molecule has 1 aromatic heterocycles. The average Bonchev–Trinajstić information content (AvgIpc) is 3.31. The lowest BCUT2D eigenvalue weighted by Gasteiger charge is -2.34. The van der Waals surface area contributed by atoms with E-state index in [0.717, 1.165) is 41.7 Å². The van der Waals surface area contributed by atoms with Crippen molar-refractivity contribution in [3.63, 3.8) is 0 Å². The highest BCUT2D eigenvalue weighted by atomic mass is 16.5. The largest absolute Gasteiger partial charge is 0.497 e. The molecule has 0 aliphatic carbocycles. The molecule has 0 radical (unpaired) electrons. The molecule has 0 spiro atoms. The molecule has 0 atom stereocenters. The normalized spacial score (nSPS) is 14.2. The molecule has 168 valence electrons. The predicted molar refractivity (Wildman–Crippen MR) is 118 cm³/mol. The topological polar surface area (TPSA) is 97.6 Å². The number of amides is 2. The standard InChI is InChI=1S/C22H27N7O3/c1-31-19-7-3-17(4-8-19)15-23-22(30)28-13-11-27(12-14-28)16-21-24-25-26-29(21)18-5-9-20(32-2)10-6-18/h3-10H,11-16H2,1-2H3,(H,23,30). The van der Waals surface area contributed by atoms with Gasteiger partial charge < -0.3 is 19.7 Å². The van der Waals surface area contributed by atoms with Crippen LogP contribution in [0.4, 0.5) is 4.79 Å². The number of piperazine rings is 1. The van der Waals surface area contributed by atoms with Crippen LogP contribution < -0.4 is 14.8 Å². The minimum Gasteiger partial charge on any atom is -0.497 e. The Balaban J connectivity index is 1.27. The summed E-state index contributed by atoms with van der Waals surface area (Å²) in [6, 6.07) is 15.2. The van der Waals surface area contributed by atoms with E-state index in [2.05, 4.69) is 25.7 Å². The van der Waals surface area contributed by atoms with Crippen LogP contribution in [0.25, 0.3) is 5.69 Å². The lowest BCUT2D eigenvalue weighted by molar-refractivity contribution is 0.133. The van der Waals surface area contributed by atoms with E-state index in [4.69, 9.17) is 9.47 Å². The monoisotopic (exact) mass is 437 g/mol. The number of nitrogens with zero attached hydrogens (tertiary/aromatic N) is 6. The fourth-order valence-corrected chi connectivity index (χ4v) is 3.57. The van der Waals surface area contributed by atoms with Gasteiger partial charge in [0.25, 0.3) is 0 Å². The molecule has 4 rings (SSSR count). The molecule has 10 heteroatoms. The summed E-state index contributed by atoms with van der Waals surface area (Å²) in [4.78, 5) is 16.6. The van der Waals surface area contributed by atoms with Crippen LogP contribution in [-0.4, -0.2) is 76.4 Å². The Morgan fingerprint density at radius 2 is 1.56 bits per heavy atom. The molecule has 1 aliphatic rings. The van der Waals surface area contributed by atoms with Gasteiger partial charge in [-0.3, -0.25) is 4.90 Å². The molecule has 10 nitrogen and oxygen atoms in total. The van der Waals surface area contributed by atoms with Crippen molar-refractivity contribution in [1.29, 1.82) is 0 Å². The molecule has 0 bridgehead atoms. The number of carbonyl (C=O) groups excluding carboxylic acids is 1. The van der Waals surface area contributed by atoms with E-state index in [1.54, 1.807) is 18.9 Å². The molecule has 2 amide bonds. The number of aromatic nitrogens is 4. The van der Waals surface area contributed by atoms with Crippen molar-refractivity contribution in [2.75, 3.05) is 40.4 Å². The van der Waals surface area contributed by atoms with Crippen molar-refractivity contribution in [2.24, 2.45) is 0 Å². The van der Waals surface area contributed by atoms with E-state index in [1.807, 2.05) is 53.4 Å². The first kappa shape index (κ1) is 21.6. The zero-order chi connectivity index (χ0) is 22.3. The smallest absolute Gasteiger partial charge is 0.317 e. The Kier molecular flexibility index (Phi) is 6.81. The molecule has 3 aromatic rings. The van der Waals surface area contributed by atoms with E-state index in [1.165, 1.54) is 0 Å². The zero-order valence-electron chi connectivity index (χ0n) is 18.3. The van der Waals surface area contributed by atoms with Crippen LogP contribution in [0.2, 0.25) is 0 Å². The SMILES string of the molecule is COc1ccc(CNC(=O)N2CCN(Cc3nnnn3-c3ccc(OC)cc3)CC2)cc1. The molecule has 1 N–H and O–H groups in total. The second-order valence-electron chi connectivity index (χ2n) is 7.47. The first-order valence-corrected chi connectivity index (χ1v) is 10.5. The molecule has 32 heavy (non-hydrogen) atoms. The number of hydrogen-bond donors (Lipinski definition) is 1. The van der Waals surface area contributed by atoms with Crippen molar-refractivity contribution >= 4 is 6.03 Å². The average molecular weight is 438 g/mol. The summed E-state index contributed by atoms with van der Waals surface area (Å²) in [6.45, 7) is 3.91. The fourth-order valence-electron chi connectivity index (χ4n) is 3.57. The van der Waals surface area contributed by atoms with Gasteiger partial charge in [-0.25, -0.2) is 4.79 Å². The Labute approximate surface area is 186 Å². The van der Waals surface area contributed by atoms with Crippen molar-refractivity contribution in [3.05, 3.63) is 59.9 Å². The number of tetrazole rings is 1. The molecule has 2 heterocycles. The number of rotatable bonds is 7. The number of methoxy groups -OCH3 is 2. The van der Waals surface area contributed by atoms with Gasteiger partial charge >= 0.3 is 6.03 Å². The minimum absolute atomic E-state index is 0.0523. The predicted octanol–water partition coefficient (Wildman–Crippen LogP) is 1.71. The van der Waals surface area contributed by atoms with Crippen LogP contribution in [0.3, 0.4) is 0 Å². The van der Waals surface area contributed by atoms with Gasteiger partial charge in [0.2, 0.25) is 0 Å². The van der Waals surface area contributed by atoms with Crippen molar-refractivity contribution in [3.8, 4) is 17.2 Å². The van der Waals surface area contributed by atoms with E-state index in [9.17, 15) is 4.79 Å². The fraction of sp³-hybridized carbons (Fsp3) is 0.364. The number of ether oxygens (including phenoxy) is 2. The van der Waals surface area contributed by atoms with Gasteiger partial charge in [-0.15, -0.1) is 5.10 Å². The maximum atomic E-state index is 12.5. The molecular formula is C22H27N7O3. The van der Waals surface area contributed by atoms with Gasteiger partial charge in [0.1, 0.15) is 11.5 Å². The lowest BCUT2D eigenvalue weighted by atomic mass is 10.2. The van der Waals surface area contributed by atoms with Crippen LogP contribution in [0.1, 0.15) is 11.4 Å². The summed E-state index contributed by atoms with van der Waals surface area (Å²) >= 11 is 0. The summed E-state index contributed by atoms with van der Waals surface area (Å²) < 4.78 is 12.1. The zero-order valence-corrected chi connectivity index (χ0v) is 18.3. The molecule has 0 saturated carbocycles. The minimum atomic E-state index is -0.0523. The number of nitrogens with one attached hydrogen (secondary N) is 1. The summed E-state index contributed by atoms with van der Waals surface area (Å²) in [6.07, 6.45) is 0. The third-order valence-corrected chi connectivity index (χ3v) is 5.48. The highest BCUT2D eigenvalue weighted by molar-refractivity contribution is 5.74. The third-order valence-electron chi connectivity index (χ3n) is 5.48. The second kappa shape index (κ2) is 10.1. The maximum Gasteiger partial charge on any atom is 0.317 e. The van der Waals surface area contributed by atoms with Crippen LogP contribution in [0, 0.1) is 0 Å². The van der Waals surface area contributed by atoms with Gasteiger partial charge in [-0.05, 0) is 52.4 Å². The van der Waals surface area contributed by atoms with Gasteiger partial charge in [0.15, 0.2) is 5.82 Å². The first-order valence-electron chi connectivity index (χ1n) is 10.5. The van der Waals surface area contributed by atoms with Crippen molar-refractivity contribution in [1.82, 2.24) is 35.3 Å². The third kappa shape index (κ3) is 5.14. The Morgan fingerprint density at radius 3 is 2.19 bits per heavy atom. The molecule has 1 aliphatic heterocycles. The number of hydrogen-bond acceptors (Lipinski definition) is 7. The Bertz CT molecular complexity index is 1010. The van der Waals surface area contributed by atoms with Gasteiger partial charge in [-0.1, -0.05) is 12.1 Å². The van der Waals surface area contributed by atoms with Crippen LogP contribution in [0.15, 0.2) is 48.5 Å². The maximum absolute atomic E-state index is 12.5. The van der Waals surface area contributed by atoms with Crippen LogP contribution in [-0.2, 0) is 13.1 Å². The highest BCUT2D eigenvalue weighted by Crippen LogP contribution is 2.16. The highest BCUT2D eigenvalue weighted by Gasteiger charge is 2.22. The molecular weight excluding hydrogens is 410 g/mol. The first-order chi connectivity index (χ1) is 15.7. The Morgan fingerprint density at radius 1 is 0.938 bits per heavy atom. The number of benzene rings is 2. The summed E-state index contributed by atoms with van der Waals surface area (Å²) in [5.41, 5.74) is 1.91. The molecule has 0 unspecified atom stereocenters. The number of carbonyl (C=O) groups is 1. The van der Waals surface area contributed by atoms with E-state index in [0.29, 0.717) is 26.2 Å². The van der Waals surface area contributed by atoms with Gasteiger partial charge in [0, 0.05) is 32.7 Å². The van der Waals surface area contributed by atoms with E-state index >= 15 is 0 Å². The van der Waals surface area contributed by atoms with Gasteiger partial charge in [-0.2, -0.15) is 4.68 Å². The Hall–Kier alpha value is -3.66. The number of urea groups is 1. The molecule has 2 aromatic carbocycles. The van der Waals surface area contributed by atoms with Crippen LogP contribution >= 0.6 is 0 Å². The van der Waals surface area contributed by atoms with Gasteiger partial charge in [0.05, 0.1) is 26.5 Å². The second-order valence-corrected chi connectivity index (χ2v) is 7.47.